The second kappa shape index (κ2) is 3.71. The van der Waals surface area contributed by atoms with Crippen LogP contribution in [0.15, 0.2) is 23.3 Å². The van der Waals surface area contributed by atoms with Gasteiger partial charge in [-0.15, -0.1) is 0 Å². The Morgan fingerprint density at radius 2 is 2.55 bits per heavy atom. The van der Waals surface area contributed by atoms with Gasteiger partial charge in [0.25, 0.3) is 0 Å². The number of aromatic nitrogens is 1. The summed E-state index contributed by atoms with van der Waals surface area (Å²) in [6, 6.07) is 3.89. The maximum absolute atomic E-state index is 5.15. The molecule has 0 saturated carbocycles. The molecule has 0 bridgehead atoms. The molecular formula is C8H11N3. The second-order valence-corrected chi connectivity index (χ2v) is 2.12. The minimum Gasteiger partial charge on any atom is -0.390 e. The van der Waals surface area contributed by atoms with E-state index in [4.69, 9.17) is 5.73 Å². The highest BCUT2D eigenvalue weighted by Gasteiger charge is 1.95. The predicted octanol–water partition coefficient (Wildman–Crippen LogP) is 1.26. The topological polar surface area (TPSA) is 51.3 Å². The summed E-state index contributed by atoms with van der Waals surface area (Å²) in [6.07, 6.45) is 3.91. The maximum Gasteiger partial charge on any atom is 0.156 e. The molecule has 0 aliphatic heterocycles. The summed E-state index contributed by atoms with van der Waals surface area (Å²) in [4.78, 5) is 7.98. The van der Waals surface area contributed by atoms with Crippen LogP contribution in [0.25, 0.3) is 0 Å². The van der Waals surface area contributed by atoms with Crippen molar-refractivity contribution in [3.05, 3.63) is 23.9 Å². The average molecular weight is 149 g/mol. The van der Waals surface area contributed by atoms with E-state index in [2.05, 4.69) is 16.9 Å². The Hall–Kier alpha value is -1.38. The minimum atomic E-state index is 0.720. The van der Waals surface area contributed by atoms with Gasteiger partial charge in [0.1, 0.15) is 0 Å². The molecule has 0 saturated heterocycles. The van der Waals surface area contributed by atoms with Gasteiger partial charge in [-0.25, -0.2) is 9.98 Å². The third kappa shape index (κ3) is 1.77. The molecule has 1 aromatic heterocycles. The Morgan fingerprint density at radius 3 is 3.18 bits per heavy atom. The van der Waals surface area contributed by atoms with Gasteiger partial charge in [-0.3, -0.25) is 0 Å². The van der Waals surface area contributed by atoms with Crippen molar-refractivity contribution in [2.75, 3.05) is 0 Å². The Bertz CT molecular complexity index is 255. The minimum absolute atomic E-state index is 0.720. The molecule has 0 atom stereocenters. The molecule has 0 aromatic carbocycles. The van der Waals surface area contributed by atoms with Crippen molar-refractivity contribution < 1.29 is 0 Å². The molecule has 11 heavy (non-hydrogen) atoms. The van der Waals surface area contributed by atoms with E-state index in [1.54, 1.807) is 6.20 Å². The van der Waals surface area contributed by atoms with Crippen LogP contribution >= 0.6 is 0 Å². The zero-order chi connectivity index (χ0) is 8.10. The molecule has 1 rings (SSSR count). The molecule has 0 aliphatic carbocycles. The summed E-state index contributed by atoms with van der Waals surface area (Å²) in [7, 11) is 0. The molecule has 0 unspecified atom stereocenters. The van der Waals surface area contributed by atoms with Crippen LogP contribution in [0.4, 0.5) is 5.82 Å². The van der Waals surface area contributed by atoms with E-state index in [9.17, 15) is 0 Å². The number of pyridine rings is 1. The van der Waals surface area contributed by atoms with Crippen LogP contribution in [0, 0.1) is 0 Å². The van der Waals surface area contributed by atoms with Crippen LogP contribution in [0.5, 0.6) is 0 Å². The summed E-state index contributed by atoms with van der Waals surface area (Å²) in [5.41, 5.74) is 6.27. The fourth-order valence-corrected chi connectivity index (χ4v) is 0.893. The highest BCUT2D eigenvalue weighted by molar-refractivity contribution is 5.58. The largest absolute Gasteiger partial charge is 0.390 e. The lowest BCUT2D eigenvalue weighted by Gasteiger charge is -1.98. The number of nitrogens with zero attached hydrogens (tertiary/aromatic N) is 2. The van der Waals surface area contributed by atoms with E-state index in [-0.39, 0.29) is 0 Å². The quantitative estimate of drug-likeness (QED) is 0.508. The smallest absolute Gasteiger partial charge is 0.156 e. The lowest BCUT2D eigenvalue weighted by atomic mass is 10.2. The first-order valence-electron chi connectivity index (χ1n) is 3.56. The van der Waals surface area contributed by atoms with E-state index >= 15 is 0 Å². The van der Waals surface area contributed by atoms with Gasteiger partial charge in [-0.1, -0.05) is 13.0 Å². The van der Waals surface area contributed by atoms with Crippen LogP contribution in [0.1, 0.15) is 12.5 Å². The van der Waals surface area contributed by atoms with Crippen LogP contribution < -0.4 is 5.73 Å². The van der Waals surface area contributed by atoms with Crippen molar-refractivity contribution in [3.63, 3.8) is 0 Å². The molecule has 3 heteroatoms. The molecule has 0 radical (unpaired) electrons. The van der Waals surface area contributed by atoms with Crippen molar-refractivity contribution in [2.45, 2.75) is 13.3 Å². The van der Waals surface area contributed by atoms with Crippen LogP contribution in [0.3, 0.4) is 0 Å². The average Bonchev–Trinajstić information content (AvgIpc) is 2.06. The molecule has 58 valence electrons. The number of hydrogen-bond acceptors (Lipinski definition) is 2. The highest BCUT2D eigenvalue weighted by atomic mass is 14.9. The second-order valence-electron chi connectivity index (χ2n) is 2.12. The van der Waals surface area contributed by atoms with E-state index in [0.29, 0.717) is 0 Å². The third-order valence-electron chi connectivity index (χ3n) is 1.45. The van der Waals surface area contributed by atoms with E-state index in [0.717, 1.165) is 17.8 Å². The highest BCUT2D eigenvalue weighted by Crippen LogP contribution is 2.13. The zero-order valence-corrected chi connectivity index (χ0v) is 6.49. The Morgan fingerprint density at radius 1 is 1.73 bits per heavy atom. The van der Waals surface area contributed by atoms with E-state index < -0.39 is 0 Å². The number of rotatable bonds is 2. The molecule has 0 amide bonds. The summed E-state index contributed by atoms with van der Waals surface area (Å²) >= 11 is 0. The fraction of sp³-hybridized carbons (Fsp3) is 0.250. The van der Waals surface area contributed by atoms with Crippen LogP contribution in [-0.4, -0.2) is 11.3 Å². The zero-order valence-electron chi connectivity index (χ0n) is 6.49. The van der Waals surface area contributed by atoms with E-state index in [1.807, 2.05) is 12.1 Å². The summed E-state index contributed by atoms with van der Waals surface area (Å²) in [5.74, 6) is 0.720. The SMILES string of the molecule is CCc1cccnc1/N=C\N. The van der Waals surface area contributed by atoms with Gasteiger partial charge in [0, 0.05) is 6.20 Å². The van der Waals surface area contributed by atoms with Gasteiger partial charge in [0.15, 0.2) is 5.82 Å². The van der Waals surface area contributed by atoms with Crippen molar-refractivity contribution in [1.29, 1.82) is 0 Å². The Balaban J connectivity index is 3.02. The Kier molecular flexibility index (Phi) is 2.60. The first kappa shape index (κ1) is 7.72. The molecule has 0 fully saturated rings. The Labute approximate surface area is 66.0 Å². The number of hydrogen-bond donors (Lipinski definition) is 1. The first-order chi connectivity index (χ1) is 5.38. The van der Waals surface area contributed by atoms with Gasteiger partial charge >= 0.3 is 0 Å². The normalized spacial score (nSPS) is 10.6. The molecule has 1 aromatic rings. The molecule has 3 nitrogen and oxygen atoms in total. The fourth-order valence-electron chi connectivity index (χ4n) is 0.893. The molecule has 0 spiro atoms. The maximum atomic E-state index is 5.15. The van der Waals surface area contributed by atoms with Crippen molar-refractivity contribution in [3.8, 4) is 0 Å². The number of aryl methyl sites for hydroxylation is 1. The molecule has 0 aliphatic rings. The van der Waals surface area contributed by atoms with Gasteiger partial charge in [0.2, 0.25) is 0 Å². The molecule has 2 N–H and O–H groups in total. The first-order valence-corrected chi connectivity index (χ1v) is 3.56. The van der Waals surface area contributed by atoms with Crippen molar-refractivity contribution >= 4 is 12.2 Å². The number of nitrogens with two attached hydrogens (primary N) is 1. The van der Waals surface area contributed by atoms with E-state index in [1.165, 1.54) is 6.34 Å². The lowest BCUT2D eigenvalue weighted by molar-refractivity contribution is 1.09. The molecular weight excluding hydrogens is 138 g/mol. The monoisotopic (exact) mass is 149 g/mol. The standard InChI is InChI=1S/C8H11N3/c1-2-7-4-3-5-10-8(7)11-6-9/h3-6H,2H2,1H3,(H2,9,10,11). The summed E-state index contributed by atoms with van der Waals surface area (Å²) in [6.45, 7) is 2.06. The lowest BCUT2D eigenvalue weighted by Crippen LogP contribution is -1.90. The van der Waals surface area contributed by atoms with Crippen LogP contribution in [-0.2, 0) is 6.42 Å². The number of aliphatic imine (C=N–C) groups is 1. The van der Waals surface area contributed by atoms with Crippen LogP contribution in [0.2, 0.25) is 0 Å². The predicted molar refractivity (Wildman–Crippen MR) is 46.0 cm³/mol. The van der Waals surface area contributed by atoms with Gasteiger partial charge in [-0.05, 0) is 18.1 Å². The summed E-state index contributed by atoms with van der Waals surface area (Å²) < 4.78 is 0. The van der Waals surface area contributed by atoms with Crippen molar-refractivity contribution in [1.82, 2.24) is 4.98 Å². The van der Waals surface area contributed by atoms with Gasteiger partial charge in [-0.2, -0.15) is 0 Å². The third-order valence-corrected chi connectivity index (χ3v) is 1.45. The molecule has 1 heterocycles. The van der Waals surface area contributed by atoms with Gasteiger partial charge in [0.05, 0.1) is 6.34 Å². The van der Waals surface area contributed by atoms with Gasteiger partial charge < -0.3 is 5.73 Å². The van der Waals surface area contributed by atoms with Crippen molar-refractivity contribution in [2.24, 2.45) is 10.7 Å². The summed E-state index contributed by atoms with van der Waals surface area (Å²) in [5, 5.41) is 0.